The predicted octanol–water partition coefficient (Wildman–Crippen LogP) is 3.23. The molecule has 6 heteroatoms. The van der Waals surface area contributed by atoms with Crippen molar-refractivity contribution in [3.05, 3.63) is 40.8 Å². The van der Waals surface area contributed by atoms with Crippen LogP contribution in [0.2, 0.25) is 0 Å². The Morgan fingerprint density at radius 1 is 1.35 bits per heavy atom. The molecule has 1 aliphatic rings. The highest BCUT2D eigenvalue weighted by atomic mass is 32.1. The summed E-state index contributed by atoms with van der Waals surface area (Å²) in [7, 11) is 1.61. The van der Waals surface area contributed by atoms with Crippen LogP contribution in [0, 0.1) is 0 Å². The summed E-state index contributed by atoms with van der Waals surface area (Å²) in [5, 5.41) is 0.842. The number of rotatable bonds is 5. The number of hydrogen-bond donors (Lipinski definition) is 1. The lowest BCUT2D eigenvalue weighted by Crippen LogP contribution is -2.17. The molecule has 0 radical (unpaired) electrons. The molecule has 0 aliphatic carbocycles. The number of para-hydroxylation sites is 1. The number of hydrogen-bond acceptors (Lipinski definition) is 6. The zero-order valence-corrected chi connectivity index (χ0v) is 13.8. The van der Waals surface area contributed by atoms with Crippen LogP contribution in [-0.2, 0) is 0 Å². The van der Waals surface area contributed by atoms with Gasteiger partial charge in [-0.15, -0.1) is 0 Å². The SMILES string of the molecule is COc1ccccc1/C=C/C(=O)c1sc(N2CCCC2)nc1N. The third-order valence-corrected chi connectivity index (χ3v) is 4.94. The van der Waals surface area contributed by atoms with E-state index in [2.05, 4.69) is 9.88 Å². The Morgan fingerprint density at radius 2 is 2.09 bits per heavy atom. The van der Waals surface area contributed by atoms with E-state index in [4.69, 9.17) is 10.5 Å². The molecule has 1 saturated heterocycles. The van der Waals surface area contributed by atoms with Crippen LogP contribution >= 0.6 is 11.3 Å². The Balaban J connectivity index is 1.79. The largest absolute Gasteiger partial charge is 0.496 e. The van der Waals surface area contributed by atoms with Crippen LogP contribution in [0.3, 0.4) is 0 Å². The van der Waals surface area contributed by atoms with E-state index in [1.807, 2.05) is 24.3 Å². The van der Waals surface area contributed by atoms with Gasteiger partial charge in [0.05, 0.1) is 7.11 Å². The molecule has 1 aromatic heterocycles. The predicted molar refractivity (Wildman–Crippen MR) is 94.3 cm³/mol. The van der Waals surface area contributed by atoms with E-state index in [0.717, 1.165) is 42.4 Å². The number of nitrogens with two attached hydrogens (primary N) is 1. The van der Waals surface area contributed by atoms with Gasteiger partial charge in [0.25, 0.3) is 0 Å². The van der Waals surface area contributed by atoms with E-state index >= 15 is 0 Å². The first-order valence-corrected chi connectivity index (χ1v) is 8.37. The van der Waals surface area contributed by atoms with Crippen LogP contribution in [0.25, 0.3) is 6.08 Å². The van der Waals surface area contributed by atoms with Crippen LogP contribution in [0.4, 0.5) is 10.9 Å². The summed E-state index contributed by atoms with van der Waals surface area (Å²) in [5.74, 6) is 0.912. The maximum absolute atomic E-state index is 12.4. The highest BCUT2D eigenvalue weighted by Gasteiger charge is 2.20. The van der Waals surface area contributed by atoms with Gasteiger partial charge in [0.15, 0.2) is 10.9 Å². The second-order valence-corrected chi connectivity index (χ2v) is 6.32. The van der Waals surface area contributed by atoms with Gasteiger partial charge in [-0.3, -0.25) is 4.79 Å². The summed E-state index contributed by atoms with van der Waals surface area (Å²) in [6.45, 7) is 1.97. The number of carbonyl (C=O) groups is 1. The summed E-state index contributed by atoms with van der Waals surface area (Å²) < 4.78 is 5.28. The van der Waals surface area contributed by atoms with E-state index in [1.54, 1.807) is 13.2 Å². The van der Waals surface area contributed by atoms with Gasteiger partial charge in [-0.05, 0) is 31.1 Å². The van der Waals surface area contributed by atoms with E-state index in [1.165, 1.54) is 17.4 Å². The van der Waals surface area contributed by atoms with Crippen molar-refractivity contribution in [1.82, 2.24) is 4.98 Å². The molecule has 0 unspecified atom stereocenters. The van der Waals surface area contributed by atoms with Crippen LogP contribution in [-0.4, -0.2) is 31.0 Å². The lowest BCUT2D eigenvalue weighted by Gasteiger charge is -2.11. The number of nitrogen functional groups attached to an aromatic ring is 1. The molecule has 5 nitrogen and oxygen atoms in total. The second-order valence-electron chi connectivity index (χ2n) is 5.34. The van der Waals surface area contributed by atoms with Gasteiger partial charge in [-0.25, -0.2) is 4.98 Å². The minimum absolute atomic E-state index is 0.128. The zero-order chi connectivity index (χ0) is 16.2. The third-order valence-electron chi connectivity index (χ3n) is 3.80. The molecule has 0 spiro atoms. The van der Waals surface area contributed by atoms with Gasteiger partial charge in [-0.2, -0.15) is 0 Å². The summed E-state index contributed by atoms with van der Waals surface area (Å²) in [5.41, 5.74) is 6.78. The van der Waals surface area contributed by atoms with Gasteiger partial charge < -0.3 is 15.4 Å². The fourth-order valence-electron chi connectivity index (χ4n) is 2.59. The van der Waals surface area contributed by atoms with Crippen molar-refractivity contribution in [2.45, 2.75) is 12.8 Å². The number of thiazole rings is 1. The molecule has 1 aromatic carbocycles. The maximum atomic E-state index is 12.4. The zero-order valence-electron chi connectivity index (χ0n) is 13.0. The highest BCUT2D eigenvalue weighted by Crippen LogP contribution is 2.31. The van der Waals surface area contributed by atoms with Crippen LogP contribution in [0.5, 0.6) is 5.75 Å². The van der Waals surface area contributed by atoms with Crippen molar-refractivity contribution in [3.63, 3.8) is 0 Å². The van der Waals surface area contributed by atoms with Crippen molar-refractivity contribution in [2.24, 2.45) is 0 Å². The lowest BCUT2D eigenvalue weighted by atomic mass is 10.1. The molecule has 0 atom stereocenters. The van der Waals surface area contributed by atoms with Gasteiger partial charge in [0.2, 0.25) is 0 Å². The molecule has 0 bridgehead atoms. The number of allylic oxidation sites excluding steroid dienone is 1. The van der Waals surface area contributed by atoms with Crippen molar-refractivity contribution in [1.29, 1.82) is 0 Å². The summed E-state index contributed by atoms with van der Waals surface area (Å²) in [6.07, 6.45) is 5.60. The topological polar surface area (TPSA) is 68.5 Å². The molecular weight excluding hydrogens is 310 g/mol. The van der Waals surface area contributed by atoms with Gasteiger partial charge in [0.1, 0.15) is 16.4 Å². The summed E-state index contributed by atoms with van der Waals surface area (Å²) in [6, 6.07) is 7.55. The Labute approximate surface area is 139 Å². The van der Waals surface area contributed by atoms with Crippen LogP contribution in [0.1, 0.15) is 28.1 Å². The monoisotopic (exact) mass is 329 g/mol. The molecule has 2 N–H and O–H groups in total. The van der Waals surface area contributed by atoms with Crippen LogP contribution in [0.15, 0.2) is 30.3 Å². The molecule has 2 heterocycles. The Hall–Kier alpha value is -2.34. The van der Waals surface area contributed by atoms with E-state index in [0.29, 0.717) is 10.7 Å². The Morgan fingerprint density at radius 3 is 2.83 bits per heavy atom. The number of ketones is 1. The standard InChI is InChI=1S/C17H19N3O2S/c1-22-14-7-3-2-6-12(14)8-9-13(21)15-16(18)19-17(23-15)20-10-4-5-11-20/h2-3,6-9H,4-5,10-11,18H2,1H3/b9-8+. The number of methoxy groups -OCH3 is 1. The summed E-state index contributed by atoms with van der Waals surface area (Å²) >= 11 is 1.37. The first-order chi connectivity index (χ1) is 11.2. The fourth-order valence-corrected chi connectivity index (χ4v) is 3.54. The Kier molecular flexibility index (Phi) is 4.62. The molecule has 0 amide bonds. The van der Waals surface area contributed by atoms with E-state index in [9.17, 15) is 4.79 Å². The normalized spacial score (nSPS) is 14.6. The highest BCUT2D eigenvalue weighted by molar-refractivity contribution is 7.18. The molecule has 0 saturated carbocycles. The average Bonchev–Trinajstić information content (AvgIpc) is 3.22. The number of ether oxygens (including phenoxy) is 1. The minimum Gasteiger partial charge on any atom is -0.496 e. The van der Waals surface area contributed by atoms with Crippen molar-refractivity contribution >= 4 is 34.1 Å². The maximum Gasteiger partial charge on any atom is 0.199 e. The molecule has 1 aliphatic heterocycles. The number of carbonyl (C=O) groups excluding carboxylic acids is 1. The summed E-state index contributed by atoms with van der Waals surface area (Å²) in [4.78, 5) is 19.4. The molecule has 1 fully saturated rings. The van der Waals surface area contributed by atoms with E-state index in [-0.39, 0.29) is 5.78 Å². The quantitative estimate of drug-likeness (QED) is 0.674. The van der Waals surface area contributed by atoms with E-state index < -0.39 is 0 Å². The first kappa shape index (κ1) is 15.6. The van der Waals surface area contributed by atoms with Gasteiger partial charge in [-0.1, -0.05) is 29.5 Å². The van der Waals surface area contributed by atoms with Gasteiger partial charge in [0, 0.05) is 18.7 Å². The number of benzene rings is 1. The van der Waals surface area contributed by atoms with Crippen molar-refractivity contribution in [3.8, 4) is 5.75 Å². The number of nitrogens with zero attached hydrogens (tertiary/aromatic N) is 2. The number of aromatic nitrogens is 1. The molecule has 23 heavy (non-hydrogen) atoms. The smallest absolute Gasteiger partial charge is 0.199 e. The lowest BCUT2D eigenvalue weighted by molar-refractivity contribution is 0.105. The second kappa shape index (κ2) is 6.83. The van der Waals surface area contributed by atoms with Gasteiger partial charge >= 0.3 is 0 Å². The third kappa shape index (κ3) is 3.37. The molecule has 3 rings (SSSR count). The average molecular weight is 329 g/mol. The Bertz CT molecular complexity index is 733. The first-order valence-electron chi connectivity index (χ1n) is 7.55. The van der Waals surface area contributed by atoms with Crippen molar-refractivity contribution < 1.29 is 9.53 Å². The van der Waals surface area contributed by atoms with Crippen LogP contribution < -0.4 is 15.4 Å². The van der Waals surface area contributed by atoms with Crippen molar-refractivity contribution in [2.75, 3.05) is 30.8 Å². The molecular formula is C17H19N3O2S. The molecule has 120 valence electrons. The number of anilines is 2. The minimum atomic E-state index is -0.128. The fraction of sp³-hybridized carbons (Fsp3) is 0.294. The molecule has 2 aromatic rings.